The lowest BCUT2D eigenvalue weighted by atomic mass is 10.2. The van der Waals surface area contributed by atoms with Crippen molar-refractivity contribution in [3.8, 4) is 0 Å². The van der Waals surface area contributed by atoms with Crippen LogP contribution in [-0.4, -0.2) is 71.3 Å². The number of nitrogens with one attached hydrogen (secondary N) is 3. The molecule has 1 atom stereocenters. The summed E-state index contributed by atoms with van der Waals surface area (Å²) in [5, 5.41) is 6.57. The van der Waals surface area contributed by atoms with Gasteiger partial charge in [0.05, 0.1) is 6.26 Å². The highest BCUT2D eigenvalue weighted by molar-refractivity contribution is 7.88. The van der Waals surface area contributed by atoms with E-state index in [2.05, 4.69) is 46.0 Å². The molecule has 7 nitrogen and oxygen atoms in total. The Hall–Kier alpha value is -0.860. The summed E-state index contributed by atoms with van der Waals surface area (Å²) >= 11 is 0. The zero-order valence-electron chi connectivity index (χ0n) is 15.4. The summed E-state index contributed by atoms with van der Waals surface area (Å²) in [5.41, 5.74) is 0. The Labute approximate surface area is 142 Å². The molecular weight excluding hydrogens is 314 g/mol. The first-order valence-electron chi connectivity index (χ1n) is 8.46. The van der Waals surface area contributed by atoms with Crippen LogP contribution in [0.2, 0.25) is 0 Å². The second kappa shape index (κ2) is 12.5. The molecule has 0 aromatic carbocycles. The summed E-state index contributed by atoms with van der Waals surface area (Å²) in [7, 11) is -1.36. The summed E-state index contributed by atoms with van der Waals surface area (Å²) in [4.78, 5) is 6.62. The quantitative estimate of drug-likeness (QED) is 0.273. The van der Waals surface area contributed by atoms with Crippen molar-refractivity contribution in [2.45, 2.75) is 46.1 Å². The molecule has 0 aliphatic heterocycles. The van der Waals surface area contributed by atoms with Crippen LogP contribution in [0.1, 0.15) is 40.0 Å². The predicted molar refractivity (Wildman–Crippen MR) is 98.4 cm³/mol. The van der Waals surface area contributed by atoms with Gasteiger partial charge in [-0.05, 0) is 45.8 Å². The van der Waals surface area contributed by atoms with E-state index in [1.165, 1.54) is 6.26 Å². The van der Waals surface area contributed by atoms with E-state index in [9.17, 15) is 8.42 Å². The van der Waals surface area contributed by atoms with E-state index in [-0.39, 0.29) is 0 Å². The predicted octanol–water partition coefficient (Wildman–Crippen LogP) is 0.601. The van der Waals surface area contributed by atoms with Crippen molar-refractivity contribution < 1.29 is 8.42 Å². The molecule has 0 fully saturated rings. The van der Waals surface area contributed by atoms with Gasteiger partial charge in [0.1, 0.15) is 0 Å². The molecule has 1 unspecified atom stereocenters. The van der Waals surface area contributed by atoms with Crippen molar-refractivity contribution in [2.24, 2.45) is 4.99 Å². The highest BCUT2D eigenvalue weighted by Crippen LogP contribution is 1.99. The molecule has 23 heavy (non-hydrogen) atoms. The number of rotatable bonds is 12. The fourth-order valence-corrected chi connectivity index (χ4v) is 2.73. The molecule has 138 valence electrons. The molecule has 0 aromatic rings. The third-order valence-electron chi connectivity index (χ3n) is 3.62. The molecule has 8 heteroatoms. The van der Waals surface area contributed by atoms with E-state index in [0.29, 0.717) is 25.6 Å². The van der Waals surface area contributed by atoms with E-state index in [1.807, 2.05) is 0 Å². The largest absolute Gasteiger partial charge is 0.356 e. The van der Waals surface area contributed by atoms with Crippen molar-refractivity contribution in [3.05, 3.63) is 0 Å². The number of hydrogen-bond donors (Lipinski definition) is 3. The number of nitrogens with zero attached hydrogens (tertiary/aromatic N) is 2. The van der Waals surface area contributed by atoms with Crippen LogP contribution in [0.3, 0.4) is 0 Å². The molecule has 0 saturated heterocycles. The lowest BCUT2D eigenvalue weighted by molar-refractivity contribution is 0.292. The average Bonchev–Trinajstić information content (AvgIpc) is 2.49. The van der Waals surface area contributed by atoms with E-state index in [1.54, 1.807) is 7.05 Å². The number of guanidine groups is 1. The molecule has 0 heterocycles. The van der Waals surface area contributed by atoms with Crippen LogP contribution in [0.4, 0.5) is 0 Å². The first kappa shape index (κ1) is 22.1. The van der Waals surface area contributed by atoms with Crippen LogP contribution in [0.15, 0.2) is 4.99 Å². The van der Waals surface area contributed by atoms with Gasteiger partial charge in [-0.1, -0.05) is 13.8 Å². The molecule has 0 aromatic heterocycles. The monoisotopic (exact) mass is 349 g/mol. The fourth-order valence-electron chi connectivity index (χ4n) is 2.21. The zero-order valence-corrected chi connectivity index (χ0v) is 16.2. The highest BCUT2D eigenvalue weighted by Gasteiger charge is 2.06. The minimum absolute atomic E-state index is 0.353. The van der Waals surface area contributed by atoms with Crippen molar-refractivity contribution in [1.82, 2.24) is 20.3 Å². The van der Waals surface area contributed by atoms with Gasteiger partial charge in [0, 0.05) is 26.2 Å². The van der Waals surface area contributed by atoms with E-state index >= 15 is 0 Å². The molecule has 3 N–H and O–H groups in total. The normalized spacial score (nSPS) is 14.1. The van der Waals surface area contributed by atoms with Gasteiger partial charge in [0.2, 0.25) is 10.0 Å². The molecular formula is C15H35N5O2S. The summed E-state index contributed by atoms with van der Waals surface area (Å²) in [6.07, 6.45) is 4.13. The lowest BCUT2D eigenvalue weighted by Crippen LogP contribution is -2.43. The average molecular weight is 350 g/mol. The van der Waals surface area contributed by atoms with Gasteiger partial charge in [0.25, 0.3) is 0 Å². The SMILES string of the molecule is CCN(CC)CCCC(C)NC(=NC)NCCCNS(C)(=O)=O. The van der Waals surface area contributed by atoms with Crippen LogP contribution >= 0.6 is 0 Å². The highest BCUT2D eigenvalue weighted by atomic mass is 32.2. The maximum atomic E-state index is 11.0. The van der Waals surface area contributed by atoms with Gasteiger partial charge in [-0.15, -0.1) is 0 Å². The minimum atomic E-state index is -3.10. The smallest absolute Gasteiger partial charge is 0.208 e. The Morgan fingerprint density at radius 1 is 1.17 bits per heavy atom. The standard InChI is InChI=1S/C15H35N5O2S/c1-6-20(7-2)13-8-10-14(3)19-15(16-4)17-11-9-12-18-23(5,21)22/h14,18H,6-13H2,1-5H3,(H2,16,17,19). The lowest BCUT2D eigenvalue weighted by Gasteiger charge is -2.21. The van der Waals surface area contributed by atoms with Crippen LogP contribution < -0.4 is 15.4 Å². The van der Waals surface area contributed by atoms with E-state index < -0.39 is 10.0 Å². The van der Waals surface area contributed by atoms with Crippen molar-refractivity contribution >= 4 is 16.0 Å². The molecule has 0 spiro atoms. The third-order valence-corrected chi connectivity index (χ3v) is 4.35. The number of hydrogen-bond acceptors (Lipinski definition) is 4. The Kier molecular flexibility index (Phi) is 12.1. The van der Waals surface area contributed by atoms with Gasteiger partial charge < -0.3 is 15.5 Å². The minimum Gasteiger partial charge on any atom is -0.356 e. The fraction of sp³-hybridized carbons (Fsp3) is 0.933. The second-order valence-corrected chi connectivity index (χ2v) is 7.57. The van der Waals surface area contributed by atoms with Gasteiger partial charge in [-0.3, -0.25) is 4.99 Å². The van der Waals surface area contributed by atoms with Gasteiger partial charge in [-0.25, -0.2) is 13.1 Å². The van der Waals surface area contributed by atoms with Crippen molar-refractivity contribution in [1.29, 1.82) is 0 Å². The van der Waals surface area contributed by atoms with Crippen molar-refractivity contribution in [2.75, 3.05) is 46.0 Å². The van der Waals surface area contributed by atoms with Crippen LogP contribution in [0, 0.1) is 0 Å². The Morgan fingerprint density at radius 3 is 2.35 bits per heavy atom. The summed E-state index contributed by atoms with van der Waals surface area (Å²) in [6.45, 7) is 11.0. The molecule has 0 aliphatic carbocycles. The topological polar surface area (TPSA) is 85.8 Å². The Bertz CT molecular complexity index is 422. The molecule has 0 amide bonds. The van der Waals surface area contributed by atoms with E-state index in [0.717, 1.165) is 38.4 Å². The van der Waals surface area contributed by atoms with E-state index in [4.69, 9.17) is 0 Å². The maximum Gasteiger partial charge on any atom is 0.208 e. The Morgan fingerprint density at radius 2 is 1.83 bits per heavy atom. The molecule has 0 rings (SSSR count). The number of sulfonamides is 1. The summed E-state index contributed by atoms with van der Waals surface area (Å²) in [5.74, 6) is 0.764. The van der Waals surface area contributed by atoms with Crippen LogP contribution in [0.25, 0.3) is 0 Å². The maximum absolute atomic E-state index is 11.0. The van der Waals surface area contributed by atoms with Crippen molar-refractivity contribution in [3.63, 3.8) is 0 Å². The van der Waals surface area contributed by atoms with Crippen LogP contribution in [0.5, 0.6) is 0 Å². The molecule has 0 aliphatic rings. The van der Waals surface area contributed by atoms with Gasteiger partial charge in [-0.2, -0.15) is 0 Å². The number of aliphatic imine (C=N–C) groups is 1. The van der Waals surface area contributed by atoms with Gasteiger partial charge >= 0.3 is 0 Å². The first-order valence-corrected chi connectivity index (χ1v) is 10.4. The van der Waals surface area contributed by atoms with Gasteiger partial charge in [0.15, 0.2) is 5.96 Å². The Balaban J connectivity index is 3.87. The second-order valence-electron chi connectivity index (χ2n) is 5.73. The van der Waals surface area contributed by atoms with Crippen LogP contribution in [-0.2, 0) is 10.0 Å². The molecule has 0 saturated carbocycles. The third kappa shape index (κ3) is 13.3. The first-order chi connectivity index (χ1) is 10.8. The molecule has 0 radical (unpaired) electrons. The molecule has 0 bridgehead atoms. The summed E-state index contributed by atoms with van der Waals surface area (Å²) in [6, 6.07) is 0.353. The zero-order chi connectivity index (χ0) is 17.7. The summed E-state index contributed by atoms with van der Waals surface area (Å²) < 4.78 is 24.4.